The Kier molecular flexibility index (Phi) is 4.66. The SMILES string of the molecule is CCC(C#N)S(=O)(=O)NCCc1nccn1C. The molecule has 1 heterocycles. The molecule has 0 spiro atoms. The van der Waals surface area contributed by atoms with Crippen LogP contribution in [0, 0.1) is 11.3 Å². The van der Waals surface area contributed by atoms with Crippen molar-refractivity contribution in [3.63, 3.8) is 0 Å². The van der Waals surface area contributed by atoms with Crippen molar-refractivity contribution >= 4 is 10.0 Å². The van der Waals surface area contributed by atoms with Crippen LogP contribution in [0.15, 0.2) is 12.4 Å². The maximum absolute atomic E-state index is 11.6. The van der Waals surface area contributed by atoms with Gasteiger partial charge < -0.3 is 4.57 Å². The van der Waals surface area contributed by atoms with Gasteiger partial charge in [0, 0.05) is 32.4 Å². The molecule has 0 saturated carbocycles. The van der Waals surface area contributed by atoms with Crippen molar-refractivity contribution in [3.05, 3.63) is 18.2 Å². The molecule has 0 fully saturated rings. The topological polar surface area (TPSA) is 87.8 Å². The first-order valence-corrected chi connectivity index (χ1v) is 6.90. The Morgan fingerprint density at radius 3 is 2.82 bits per heavy atom. The van der Waals surface area contributed by atoms with Crippen LogP contribution in [-0.2, 0) is 23.5 Å². The smallest absolute Gasteiger partial charge is 0.227 e. The molecule has 1 atom stereocenters. The van der Waals surface area contributed by atoms with Crippen molar-refractivity contribution < 1.29 is 8.42 Å². The van der Waals surface area contributed by atoms with E-state index in [1.807, 2.05) is 11.6 Å². The summed E-state index contributed by atoms with van der Waals surface area (Å²) < 4.78 is 27.5. The van der Waals surface area contributed by atoms with E-state index < -0.39 is 15.3 Å². The molecule has 7 heteroatoms. The number of nitrogens with zero attached hydrogens (tertiary/aromatic N) is 3. The maximum Gasteiger partial charge on any atom is 0.227 e. The van der Waals surface area contributed by atoms with Crippen LogP contribution in [0.5, 0.6) is 0 Å². The fourth-order valence-electron chi connectivity index (χ4n) is 1.42. The minimum absolute atomic E-state index is 0.255. The number of sulfonamides is 1. The van der Waals surface area contributed by atoms with Crippen LogP contribution in [-0.4, -0.2) is 29.8 Å². The standard InChI is InChI=1S/C10H16N4O2S/c1-3-9(8-11)17(15,16)13-5-4-10-12-6-7-14(10)2/h6-7,9,13H,3-5H2,1-2H3. The van der Waals surface area contributed by atoms with Gasteiger partial charge in [0.05, 0.1) is 6.07 Å². The molecule has 0 bridgehead atoms. The first-order chi connectivity index (χ1) is 8.01. The summed E-state index contributed by atoms with van der Waals surface area (Å²) in [4.78, 5) is 4.08. The van der Waals surface area contributed by atoms with Crippen molar-refractivity contribution in [3.8, 4) is 6.07 Å². The van der Waals surface area contributed by atoms with Gasteiger partial charge in [-0.25, -0.2) is 18.1 Å². The molecule has 0 radical (unpaired) electrons. The van der Waals surface area contributed by atoms with Crippen LogP contribution in [0.25, 0.3) is 0 Å². The number of hydrogen-bond acceptors (Lipinski definition) is 4. The number of hydrogen-bond donors (Lipinski definition) is 1. The highest BCUT2D eigenvalue weighted by molar-refractivity contribution is 7.90. The number of nitrogens with one attached hydrogen (secondary N) is 1. The van der Waals surface area contributed by atoms with Crippen molar-refractivity contribution in [1.82, 2.24) is 14.3 Å². The molecule has 0 aliphatic rings. The molecule has 1 unspecified atom stereocenters. The van der Waals surface area contributed by atoms with E-state index in [4.69, 9.17) is 5.26 Å². The van der Waals surface area contributed by atoms with Gasteiger partial charge >= 0.3 is 0 Å². The summed E-state index contributed by atoms with van der Waals surface area (Å²) in [6.45, 7) is 1.93. The monoisotopic (exact) mass is 256 g/mol. The van der Waals surface area contributed by atoms with Gasteiger partial charge in [-0.1, -0.05) is 6.92 Å². The number of nitriles is 1. The highest BCUT2D eigenvalue weighted by Gasteiger charge is 2.22. The summed E-state index contributed by atoms with van der Waals surface area (Å²) in [6, 6.07) is 1.78. The van der Waals surface area contributed by atoms with Gasteiger partial charge in [-0.15, -0.1) is 0 Å². The highest BCUT2D eigenvalue weighted by atomic mass is 32.2. The second-order valence-corrected chi connectivity index (χ2v) is 5.62. The number of imidazole rings is 1. The zero-order valence-electron chi connectivity index (χ0n) is 9.92. The third-order valence-corrected chi connectivity index (χ3v) is 4.26. The van der Waals surface area contributed by atoms with Crippen LogP contribution in [0.4, 0.5) is 0 Å². The molecule has 94 valence electrons. The van der Waals surface area contributed by atoms with Crippen LogP contribution < -0.4 is 4.72 Å². The predicted molar refractivity (Wildman–Crippen MR) is 63.5 cm³/mol. The van der Waals surface area contributed by atoms with Gasteiger partial charge in [0.15, 0.2) is 5.25 Å². The van der Waals surface area contributed by atoms with Crippen LogP contribution in [0.3, 0.4) is 0 Å². The van der Waals surface area contributed by atoms with Crippen molar-refractivity contribution in [2.75, 3.05) is 6.54 Å². The second-order valence-electron chi connectivity index (χ2n) is 3.67. The van der Waals surface area contributed by atoms with E-state index in [0.717, 1.165) is 5.82 Å². The largest absolute Gasteiger partial charge is 0.338 e. The number of aromatic nitrogens is 2. The van der Waals surface area contributed by atoms with Gasteiger partial charge in [0.2, 0.25) is 10.0 Å². The average Bonchev–Trinajstić information content (AvgIpc) is 2.65. The van der Waals surface area contributed by atoms with E-state index in [1.165, 1.54) is 0 Å². The molecule has 1 N–H and O–H groups in total. The fourth-order valence-corrected chi connectivity index (χ4v) is 2.59. The second kappa shape index (κ2) is 5.80. The molecule has 17 heavy (non-hydrogen) atoms. The first-order valence-electron chi connectivity index (χ1n) is 5.35. The zero-order valence-corrected chi connectivity index (χ0v) is 10.7. The quantitative estimate of drug-likeness (QED) is 0.786. The average molecular weight is 256 g/mol. The van der Waals surface area contributed by atoms with E-state index in [-0.39, 0.29) is 13.0 Å². The van der Waals surface area contributed by atoms with Crippen molar-refractivity contribution in [2.45, 2.75) is 25.0 Å². The summed E-state index contributed by atoms with van der Waals surface area (Å²) >= 11 is 0. The van der Waals surface area contributed by atoms with Crippen molar-refractivity contribution in [2.24, 2.45) is 7.05 Å². The lowest BCUT2D eigenvalue weighted by molar-refractivity contribution is 0.571. The maximum atomic E-state index is 11.6. The molecule has 0 aromatic carbocycles. The molecule has 1 aromatic heterocycles. The molecule has 0 aliphatic heterocycles. The Bertz CT molecular complexity index is 501. The normalized spacial score (nSPS) is 13.2. The molecular formula is C10H16N4O2S. The summed E-state index contributed by atoms with van der Waals surface area (Å²) in [7, 11) is -1.69. The fraction of sp³-hybridized carbons (Fsp3) is 0.600. The molecule has 0 amide bonds. The molecule has 0 aliphatic carbocycles. The third kappa shape index (κ3) is 3.54. The molecular weight excluding hydrogens is 240 g/mol. The van der Waals surface area contributed by atoms with E-state index >= 15 is 0 Å². The Labute approximate surface area is 101 Å². The molecule has 1 aromatic rings. The summed E-state index contributed by atoms with van der Waals surface area (Å²) in [5, 5.41) is 7.72. The van der Waals surface area contributed by atoms with Crippen LogP contribution in [0.1, 0.15) is 19.2 Å². The lowest BCUT2D eigenvalue weighted by Gasteiger charge is -2.09. The van der Waals surface area contributed by atoms with Crippen LogP contribution >= 0.6 is 0 Å². The Morgan fingerprint density at radius 1 is 1.65 bits per heavy atom. The predicted octanol–water partition coefficient (Wildman–Crippen LogP) is 0.184. The Balaban J connectivity index is 2.52. The first kappa shape index (κ1) is 13.7. The number of aryl methyl sites for hydroxylation is 1. The summed E-state index contributed by atoms with van der Waals surface area (Å²) in [6.07, 6.45) is 4.25. The van der Waals surface area contributed by atoms with Crippen LogP contribution in [0.2, 0.25) is 0 Å². The van der Waals surface area contributed by atoms with E-state index in [2.05, 4.69) is 9.71 Å². The van der Waals surface area contributed by atoms with Gasteiger partial charge in [-0.05, 0) is 6.42 Å². The lowest BCUT2D eigenvalue weighted by Crippen LogP contribution is -2.34. The minimum Gasteiger partial charge on any atom is -0.338 e. The van der Waals surface area contributed by atoms with Gasteiger partial charge in [-0.3, -0.25) is 0 Å². The third-order valence-electron chi connectivity index (χ3n) is 2.46. The molecule has 0 saturated heterocycles. The van der Waals surface area contributed by atoms with E-state index in [1.54, 1.807) is 25.4 Å². The lowest BCUT2D eigenvalue weighted by atomic mass is 10.4. The van der Waals surface area contributed by atoms with Crippen molar-refractivity contribution in [1.29, 1.82) is 5.26 Å². The highest BCUT2D eigenvalue weighted by Crippen LogP contribution is 2.03. The van der Waals surface area contributed by atoms with Gasteiger partial charge in [0.25, 0.3) is 0 Å². The van der Waals surface area contributed by atoms with Gasteiger partial charge in [-0.2, -0.15) is 5.26 Å². The zero-order chi connectivity index (χ0) is 12.9. The number of rotatable bonds is 6. The minimum atomic E-state index is -3.54. The summed E-state index contributed by atoms with van der Waals surface area (Å²) in [5.74, 6) is 0.803. The Hall–Kier alpha value is -1.39. The summed E-state index contributed by atoms with van der Waals surface area (Å²) in [5.41, 5.74) is 0. The molecule has 6 nitrogen and oxygen atoms in total. The molecule has 1 rings (SSSR count). The Morgan fingerprint density at radius 2 is 2.35 bits per heavy atom. The van der Waals surface area contributed by atoms with E-state index in [9.17, 15) is 8.42 Å². The van der Waals surface area contributed by atoms with E-state index in [0.29, 0.717) is 6.42 Å². The van der Waals surface area contributed by atoms with Gasteiger partial charge in [0.1, 0.15) is 5.82 Å².